The van der Waals surface area contributed by atoms with Crippen LogP contribution in [0.25, 0.3) is 0 Å². The molecule has 3 nitrogen and oxygen atoms in total. The quantitative estimate of drug-likeness (QED) is 0.734. The van der Waals surface area contributed by atoms with E-state index < -0.39 is 0 Å². The lowest BCUT2D eigenvalue weighted by Gasteiger charge is -2.45. The number of nitrogens with one attached hydrogen (secondary N) is 1. The number of nitrogens with zero attached hydrogens (tertiary/aromatic N) is 1. The predicted octanol–water partition coefficient (Wildman–Crippen LogP) is 2.90. The van der Waals surface area contributed by atoms with E-state index in [4.69, 9.17) is 4.74 Å². The van der Waals surface area contributed by atoms with Gasteiger partial charge in [0.1, 0.15) is 0 Å². The van der Waals surface area contributed by atoms with Gasteiger partial charge in [0.25, 0.3) is 0 Å². The Morgan fingerprint density at radius 3 is 2.37 bits per heavy atom. The van der Waals surface area contributed by atoms with Crippen LogP contribution in [0.1, 0.15) is 52.9 Å². The molecular weight excluding hydrogens is 236 g/mol. The van der Waals surface area contributed by atoms with Crippen LogP contribution in [-0.2, 0) is 4.74 Å². The summed E-state index contributed by atoms with van der Waals surface area (Å²) in [6, 6.07) is 0.579. The second kappa shape index (κ2) is 8.23. The topological polar surface area (TPSA) is 24.5 Å². The molecule has 2 atom stereocenters. The summed E-state index contributed by atoms with van der Waals surface area (Å²) in [7, 11) is 4.43. The van der Waals surface area contributed by atoms with Crippen molar-refractivity contribution in [2.24, 2.45) is 5.92 Å². The zero-order valence-corrected chi connectivity index (χ0v) is 13.7. The fraction of sp³-hybridized carbons (Fsp3) is 1.00. The maximum Gasteiger partial charge on any atom is 0.0468 e. The molecule has 1 heterocycles. The van der Waals surface area contributed by atoms with Crippen molar-refractivity contribution in [3.63, 3.8) is 0 Å². The van der Waals surface area contributed by atoms with E-state index in [1.807, 2.05) is 0 Å². The van der Waals surface area contributed by atoms with Gasteiger partial charge in [0.15, 0.2) is 0 Å². The van der Waals surface area contributed by atoms with Crippen molar-refractivity contribution in [1.29, 1.82) is 0 Å². The molecule has 2 unspecified atom stereocenters. The number of likely N-dealkylation sites (N-methyl/N-ethyl adjacent to an activating group) is 1. The van der Waals surface area contributed by atoms with Gasteiger partial charge in [-0.15, -0.1) is 0 Å². The summed E-state index contributed by atoms with van der Waals surface area (Å²) in [5, 5.41) is 3.81. The highest BCUT2D eigenvalue weighted by atomic mass is 16.5. The van der Waals surface area contributed by atoms with Gasteiger partial charge in [0.05, 0.1) is 0 Å². The summed E-state index contributed by atoms with van der Waals surface area (Å²) < 4.78 is 5.49. The van der Waals surface area contributed by atoms with E-state index >= 15 is 0 Å². The summed E-state index contributed by atoms with van der Waals surface area (Å²) in [5.41, 5.74) is 0.244. The first-order chi connectivity index (χ1) is 9.04. The van der Waals surface area contributed by atoms with E-state index in [2.05, 4.69) is 45.1 Å². The lowest BCUT2D eigenvalue weighted by Crippen LogP contribution is -2.57. The van der Waals surface area contributed by atoms with Gasteiger partial charge < -0.3 is 15.0 Å². The van der Waals surface area contributed by atoms with Crippen molar-refractivity contribution < 1.29 is 4.74 Å². The maximum atomic E-state index is 5.49. The van der Waals surface area contributed by atoms with Crippen LogP contribution in [0.2, 0.25) is 0 Å². The molecule has 1 rings (SSSR count). The van der Waals surface area contributed by atoms with Crippen molar-refractivity contribution in [2.75, 3.05) is 33.9 Å². The number of hydrogen-bond acceptors (Lipinski definition) is 3. The number of hydrogen-bond donors (Lipinski definition) is 1. The van der Waals surface area contributed by atoms with E-state index in [1.54, 1.807) is 0 Å². The summed E-state index contributed by atoms with van der Waals surface area (Å²) in [6.45, 7) is 9.99. The van der Waals surface area contributed by atoms with Gasteiger partial charge in [-0.1, -0.05) is 13.8 Å². The number of rotatable bonds is 8. The molecular formula is C16H34N2O. The summed E-state index contributed by atoms with van der Waals surface area (Å²) in [5.74, 6) is 0.828. The van der Waals surface area contributed by atoms with Crippen LogP contribution in [0.3, 0.4) is 0 Å². The van der Waals surface area contributed by atoms with Gasteiger partial charge in [-0.25, -0.2) is 0 Å². The average Bonchev–Trinajstić information content (AvgIpc) is 2.43. The largest absolute Gasteiger partial charge is 0.381 e. The highest BCUT2D eigenvalue weighted by Crippen LogP contribution is 2.29. The number of ether oxygens (including phenoxy) is 1. The van der Waals surface area contributed by atoms with Crippen LogP contribution in [0.15, 0.2) is 0 Å². The lowest BCUT2D eigenvalue weighted by molar-refractivity contribution is 0.0429. The van der Waals surface area contributed by atoms with E-state index in [-0.39, 0.29) is 5.54 Å². The van der Waals surface area contributed by atoms with Crippen LogP contribution < -0.4 is 5.32 Å². The first-order valence-electron chi connectivity index (χ1n) is 8.03. The van der Waals surface area contributed by atoms with Gasteiger partial charge in [-0.3, -0.25) is 0 Å². The Balaban J connectivity index is 2.68. The molecule has 1 aliphatic heterocycles. The Bertz CT molecular complexity index is 239. The second-order valence-electron chi connectivity index (χ2n) is 6.40. The highest BCUT2D eigenvalue weighted by Gasteiger charge is 2.35. The van der Waals surface area contributed by atoms with E-state index in [0.717, 1.165) is 25.7 Å². The van der Waals surface area contributed by atoms with Crippen molar-refractivity contribution in [1.82, 2.24) is 10.2 Å². The Morgan fingerprint density at radius 2 is 1.89 bits per heavy atom. The van der Waals surface area contributed by atoms with Gasteiger partial charge in [0.2, 0.25) is 0 Å². The third-order valence-electron chi connectivity index (χ3n) is 5.04. The Kier molecular flexibility index (Phi) is 7.33. The molecule has 1 aliphatic rings. The molecule has 3 heteroatoms. The fourth-order valence-corrected chi connectivity index (χ4v) is 3.07. The van der Waals surface area contributed by atoms with Crippen LogP contribution in [0.4, 0.5) is 0 Å². The molecule has 1 N–H and O–H groups in total. The smallest absolute Gasteiger partial charge is 0.0468 e. The summed E-state index contributed by atoms with van der Waals surface area (Å²) >= 11 is 0. The average molecular weight is 270 g/mol. The van der Waals surface area contributed by atoms with E-state index in [0.29, 0.717) is 6.04 Å². The normalized spacial score (nSPS) is 22.4. The van der Waals surface area contributed by atoms with Crippen LogP contribution in [0.5, 0.6) is 0 Å². The standard InChI is InChI=1S/C16H34N2O/c1-6-10-17-15(16(3,7-2)18(4)5)13-14-8-11-19-12-9-14/h14-15,17H,6-13H2,1-5H3. The Morgan fingerprint density at radius 1 is 1.26 bits per heavy atom. The highest BCUT2D eigenvalue weighted by molar-refractivity contribution is 4.95. The summed E-state index contributed by atoms with van der Waals surface area (Å²) in [6.07, 6.45) is 6.14. The molecule has 114 valence electrons. The minimum absolute atomic E-state index is 0.244. The molecule has 0 bridgehead atoms. The maximum absolute atomic E-state index is 5.49. The minimum Gasteiger partial charge on any atom is -0.381 e. The molecule has 0 aromatic rings. The predicted molar refractivity (Wildman–Crippen MR) is 82.6 cm³/mol. The molecule has 1 saturated heterocycles. The van der Waals surface area contributed by atoms with Gasteiger partial charge in [0, 0.05) is 24.8 Å². The SMILES string of the molecule is CCCNC(CC1CCOCC1)C(C)(CC)N(C)C. The van der Waals surface area contributed by atoms with Crippen LogP contribution >= 0.6 is 0 Å². The minimum atomic E-state index is 0.244. The van der Waals surface area contributed by atoms with Crippen molar-refractivity contribution in [3.05, 3.63) is 0 Å². The van der Waals surface area contributed by atoms with Crippen molar-refractivity contribution in [3.8, 4) is 0 Å². The molecule has 0 saturated carbocycles. The zero-order chi connectivity index (χ0) is 14.3. The van der Waals surface area contributed by atoms with E-state index in [1.165, 1.54) is 32.1 Å². The van der Waals surface area contributed by atoms with Crippen molar-refractivity contribution in [2.45, 2.75) is 64.5 Å². The molecule has 0 aliphatic carbocycles. The zero-order valence-electron chi connectivity index (χ0n) is 13.7. The third kappa shape index (κ3) is 4.73. The molecule has 0 amide bonds. The van der Waals surface area contributed by atoms with Crippen LogP contribution in [-0.4, -0.2) is 50.3 Å². The lowest BCUT2D eigenvalue weighted by atomic mass is 9.80. The first kappa shape index (κ1) is 16.9. The van der Waals surface area contributed by atoms with Crippen LogP contribution in [0, 0.1) is 5.92 Å². The Hall–Kier alpha value is -0.120. The molecule has 0 aromatic carbocycles. The van der Waals surface area contributed by atoms with E-state index in [9.17, 15) is 0 Å². The molecule has 0 spiro atoms. The molecule has 19 heavy (non-hydrogen) atoms. The molecule has 0 radical (unpaired) electrons. The molecule has 1 fully saturated rings. The third-order valence-corrected chi connectivity index (χ3v) is 5.04. The van der Waals surface area contributed by atoms with Crippen molar-refractivity contribution >= 4 is 0 Å². The fourth-order valence-electron chi connectivity index (χ4n) is 3.07. The van der Waals surface area contributed by atoms with Gasteiger partial charge in [-0.2, -0.15) is 0 Å². The monoisotopic (exact) mass is 270 g/mol. The second-order valence-corrected chi connectivity index (χ2v) is 6.40. The Labute approximate surface area is 120 Å². The van der Waals surface area contributed by atoms with Gasteiger partial charge in [-0.05, 0) is 65.6 Å². The van der Waals surface area contributed by atoms with Gasteiger partial charge >= 0.3 is 0 Å². The summed E-state index contributed by atoms with van der Waals surface area (Å²) in [4.78, 5) is 2.40. The molecule has 0 aromatic heterocycles. The first-order valence-corrected chi connectivity index (χ1v) is 8.03.